The van der Waals surface area contributed by atoms with Gasteiger partial charge in [0.25, 0.3) is 11.8 Å². The predicted octanol–water partition coefficient (Wildman–Crippen LogP) is 1.55. The number of halogens is 1. The highest BCUT2D eigenvalue weighted by atomic mass is 35.5. The predicted molar refractivity (Wildman–Crippen MR) is 81.8 cm³/mol. The lowest BCUT2D eigenvalue weighted by Crippen LogP contribution is -2.37. The summed E-state index contributed by atoms with van der Waals surface area (Å²) >= 11 is 5.82. The van der Waals surface area contributed by atoms with Crippen LogP contribution in [0.2, 0.25) is 5.02 Å². The number of fused-ring (bicyclic) bond motifs is 1. The van der Waals surface area contributed by atoms with Crippen LogP contribution in [0.25, 0.3) is 0 Å². The van der Waals surface area contributed by atoms with E-state index in [9.17, 15) is 9.59 Å². The van der Waals surface area contributed by atoms with Crippen molar-refractivity contribution in [3.63, 3.8) is 0 Å². The van der Waals surface area contributed by atoms with E-state index < -0.39 is 0 Å². The quantitative estimate of drug-likeness (QED) is 0.933. The Labute approximate surface area is 132 Å². The van der Waals surface area contributed by atoms with E-state index in [0.29, 0.717) is 30.5 Å². The molecular formula is C15H15ClN4O2. The third kappa shape index (κ3) is 2.82. The Morgan fingerprint density at radius 3 is 2.77 bits per heavy atom. The van der Waals surface area contributed by atoms with Crippen LogP contribution in [0.1, 0.15) is 26.7 Å². The van der Waals surface area contributed by atoms with E-state index in [0.717, 1.165) is 5.56 Å². The molecule has 114 valence electrons. The Kier molecular flexibility index (Phi) is 3.85. The van der Waals surface area contributed by atoms with Crippen LogP contribution >= 0.6 is 11.6 Å². The van der Waals surface area contributed by atoms with Gasteiger partial charge in [-0.3, -0.25) is 9.59 Å². The van der Waals surface area contributed by atoms with Gasteiger partial charge >= 0.3 is 0 Å². The average molecular weight is 319 g/mol. The van der Waals surface area contributed by atoms with Gasteiger partial charge in [0.15, 0.2) is 5.82 Å². The molecule has 0 saturated carbocycles. The molecule has 1 aromatic carbocycles. The van der Waals surface area contributed by atoms with Crippen LogP contribution in [0.5, 0.6) is 0 Å². The van der Waals surface area contributed by atoms with Crippen molar-refractivity contribution in [3.05, 3.63) is 52.6 Å². The maximum atomic E-state index is 12.2. The number of carbonyl (C=O) groups excluding carboxylic acids is 2. The van der Waals surface area contributed by atoms with Crippen LogP contribution in [0.15, 0.2) is 30.5 Å². The number of nitrogens with zero attached hydrogens (tertiary/aromatic N) is 3. The molecule has 0 fully saturated rings. The first-order chi connectivity index (χ1) is 10.5. The maximum Gasteiger partial charge on any atom is 0.289 e. The summed E-state index contributed by atoms with van der Waals surface area (Å²) in [7, 11) is 1.72. The van der Waals surface area contributed by atoms with E-state index in [2.05, 4.69) is 10.3 Å². The first-order valence-corrected chi connectivity index (χ1v) is 7.27. The molecule has 0 saturated heterocycles. The second kappa shape index (κ2) is 5.81. The molecule has 0 radical (unpaired) electrons. The Hall–Kier alpha value is -2.34. The zero-order chi connectivity index (χ0) is 15.7. The molecule has 2 amide bonds. The standard InChI is InChI=1S/C15H15ClN4O2/c1-19-6-7-20-9-12(18-13(20)15(19)22)14(21)17-8-10-2-4-11(16)5-3-10/h2-5,9H,6-8H2,1H3,(H,17,21). The summed E-state index contributed by atoms with van der Waals surface area (Å²) in [6, 6.07) is 7.23. The number of rotatable bonds is 3. The molecule has 2 heterocycles. The molecule has 1 aromatic heterocycles. The summed E-state index contributed by atoms with van der Waals surface area (Å²) < 4.78 is 1.72. The lowest BCUT2D eigenvalue weighted by Gasteiger charge is -2.22. The molecular weight excluding hydrogens is 304 g/mol. The smallest absolute Gasteiger partial charge is 0.289 e. The van der Waals surface area contributed by atoms with Crippen molar-refractivity contribution in [2.24, 2.45) is 0 Å². The van der Waals surface area contributed by atoms with Gasteiger partial charge in [-0.2, -0.15) is 0 Å². The number of hydrogen-bond acceptors (Lipinski definition) is 3. The third-order valence-electron chi connectivity index (χ3n) is 3.59. The van der Waals surface area contributed by atoms with E-state index in [-0.39, 0.29) is 17.5 Å². The monoisotopic (exact) mass is 318 g/mol. The van der Waals surface area contributed by atoms with Gasteiger partial charge in [-0.15, -0.1) is 0 Å². The highest BCUT2D eigenvalue weighted by molar-refractivity contribution is 6.30. The number of aromatic nitrogens is 2. The molecule has 3 rings (SSSR count). The van der Waals surface area contributed by atoms with Crippen LogP contribution in [-0.2, 0) is 13.1 Å². The number of benzene rings is 1. The molecule has 0 aliphatic carbocycles. The van der Waals surface area contributed by atoms with Crippen molar-refractivity contribution in [1.29, 1.82) is 0 Å². The van der Waals surface area contributed by atoms with Gasteiger partial charge in [-0.25, -0.2) is 4.98 Å². The molecule has 2 aromatic rings. The molecule has 1 aliphatic rings. The first kappa shape index (κ1) is 14.6. The molecule has 1 N–H and O–H groups in total. The molecule has 0 bridgehead atoms. The lowest BCUT2D eigenvalue weighted by molar-refractivity contribution is 0.0741. The Balaban J connectivity index is 1.69. The van der Waals surface area contributed by atoms with E-state index in [1.807, 2.05) is 12.1 Å². The summed E-state index contributed by atoms with van der Waals surface area (Å²) in [5, 5.41) is 3.44. The Morgan fingerprint density at radius 1 is 1.32 bits per heavy atom. The van der Waals surface area contributed by atoms with Crippen LogP contribution in [0.4, 0.5) is 0 Å². The van der Waals surface area contributed by atoms with E-state index in [4.69, 9.17) is 11.6 Å². The summed E-state index contributed by atoms with van der Waals surface area (Å²) in [6.45, 7) is 1.65. The Morgan fingerprint density at radius 2 is 2.05 bits per heavy atom. The van der Waals surface area contributed by atoms with Gasteiger partial charge in [0.1, 0.15) is 5.69 Å². The molecule has 22 heavy (non-hydrogen) atoms. The fourth-order valence-electron chi connectivity index (χ4n) is 2.27. The molecule has 0 spiro atoms. The zero-order valence-corrected chi connectivity index (χ0v) is 12.8. The number of carbonyl (C=O) groups is 2. The van der Waals surface area contributed by atoms with Crippen LogP contribution < -0.4 is 5.32 Å². The van der Waals surface area contributed by atoms with Gasteiger partial charge in [0.2, 0.25) is 0 Å². The number of nitrogens with one attached hydrogen (secondary N) is 1. The van der Waals surface area contributed by atoms with Gasteiger partial charge in [0.05, 0.1) is 0 Å². The first-order valence-electron chi connectivity index (χ1n) is 6.90. The molecule has 6 nitrogen and oxygen atoms in total. The van der Waals surface area contributed by atoms with Crippen molar-refractivity contribution in [1.82, 2.24) is 19.8 Å². The van der Waals surface area contributed by atoms with Crippen LogP contribution in [-0.4, -0.2) is 39.9 Å². The topological polar surface area (TPSA) is 67.2 Å². The van der Waals surface area contributed by atoms with E-state index >= 15 is 0 Å². The van der Waals surface area contributed by atoms with E-state index in [1.54, 1.807) is 34.8 Å². The van der Waals surface area contributed by atoms with Crippen molar-refractivity contribution in [2.45, 2.75) is 13.1 Å². The van der Waals surface area contributed by atoms with Crippen LogP contribution in [0.3, 0.4) is 0 Å². The summed E-state index contributed by atoms with van der Waals surface area (Å²) in [5.74, 6) is -0.152. The van der Waals surface area contributed by atoms with Crippen molar-refractivity contribution in [3.8, 4) is 0 Å². The zero-order valence-electron chi connectivity index (χ0n) is 12.0. The molecule has 0 unspecified atom stereocenters. The minimum absolute atomic E-state index is 0.164. The SMILES string of the molecule is CN1CCn2cc(C(=O)NCc3ccc(Cl)cc3)nc2C1=O. The lowest BCUT2D eigenvalue weighted by atomic mass is 10.2. The summed E-state index contributed by atoms with van der Waals surface area (Å²) in [6.07, 6.45) is 1.62. The van der Waals surface area contributed by atoms with Crippen LogP contribution in [0, 0.1) is 0 Å². The fraction of sp³-hybridized carbons (Fsp3) is 0.267. The van der Waals surface area contributed by atoms with Crippen molar-refractivity contribution >= 4 is 23.4 Å². The number of likely N-dealkylation sites (N-methyl/N-ethyl adjacent to an activating group) is 1. The molecule has 7 heteroatoms. The van der Waals surface area contributed by atoms with Crippen molar-refractivity contribution < 1.29 is 9.59 Å². The minimum Gasteiger partial charge on any atom is -0.347 e. The number of imidazole rings is 1. The van der Waals surface area contributed by atoms with Gasteiger partial charge in [0, 0.05) is 37.9 Å². The maximum absolute atomic E-state index is 12.2. The summed E-state index contributed by atoms with van der Waals surface area (Å²) in [4.78, 5) is 29.9. The fourth-order valence-corrected chi connectivity index (χ4v) is 2.40. The molecule has 0 atom stereocenters. The Bertz CT molecular complexity index is 724. The number of amides is 2. The second-order valence-corrected chi connectivity index (χ2v) is 5.62. The molecule has 1 aliphatic heterocycles. The van der Waals surface area contributed by atoms with Gasteiger partial charge < -0.3 is 14.8 Å². The number of hydrogen-bond donors (Lipinski definition) is 1. The normalized spacial score (nSPS) is 13.9. The highest BCUT2D eigenvalue weighted by Crippen LogP contribution is 2.12. The summed E-state index contributed by atoms with van der Waals surface area (Å²) in [5.41, 5.74) is 1.20. The average Bonchev–Trinajstić information content (AvgIpc) is 2.95. The third-order valence-corrected chi connectivity index (χ3v) is 3.84. The van der Waals surface area contributed by atoms with E-state index in [1.165, 1.54) is 0 Å². The highest BCUT2D eigenvalue weighted by Gasteiger charge is 2.25. The second-order valence-electron chi connectivity index (χ2n) is 5.18. The van der Waals surface area contributed by atoms with Gasteiger partial charge in [-0.1, -0.05) is 23.7 Å². The minimum atomic E-state index is -0.299. The largest absolute Gasteiger partial charge is 0.347 e. The van der Waals surface area contributed by atoms with Crippen molar-refractivity contribution in [2.75, 3.05) is 13.6 Å². The van der Waals surface area contributed by atoms with Gasteiger partial charge in [-0.05, 0) is 17.7 Å².